The summed E-state index contributed by atoms with van der Waals surface area (Å²) in [6, 6.07) is 3.01. The summed E-state index contributed by atoms with van der Waals surface area (Å²) < 4.78 is 0. The number of hydrogen-bond donors (Lipinski definition) is 1. The Hall–Kier alpha value is -0.740. The van der Waals surface area contributed by atoms with Crippen molar-refractivity contribution < 1.29 is 0 Å². The second-order valence-corrected chi connectivity index (χ2v) is 7.28. The monoisotopic (exact) mass is 277 g/mol. The summed E-state index contributed by atoms with van der Waals surface area (Å²) in [7, 11) is 0. The SMILES string of the molecule is Cc1cc(N2CCSC(C)C2)c(CNC2CC2)cn1. The maximum atomic E-state index is 4.48. The van der Waals surface area contributed by atoms with Gasteiger partial charge in [-0.25, -0.2) is 0 Å². The predicted molar refractivity (Wildman–Crippen MR) is 83.0 cm³/mol. The molecule has 2 heterocycles. The van der Waals surface area contributed by atoms with Crippen molar-refractivity contribution >= 4 is 17.4 Å². The van der Waals surface area contributed by atoms with Crippen LogP contribution in [-0.4, -0.2) is 35.1 Å². The number of aromatic nitrogens is 1. The lowest BCUT2D eigenvalue weighted by Crippen LogP contribution is -2.37. The van der Waals surface area contributed by atoms with E-state index in [0.29, 0.717) is 0 Å². The Morgan fingerprint density at radius 2 is 2.32 bits per heavy atom. The molecular formula is C15H23N3S. The normalized spacial score (nSPS) is 23.7. The number of nitrogens with one attached hydrogen (secondary N) is 1. The third kappa shape index (κ3) is 3.42. The van der Waals surface area contributed by atoms with Gasteiger partial charge in [0, 0.05) is 59.8 Å². The van der Waals surface area contributed by atoms with Crippen molar-refractivity contribution in [3.63, 3.8) is 0 Å². The second-order valence-electron chi connectivity index (χ2n) is 5.74. The fourth-order valence-corrected chi connectivity index (χ4v) is 3.60. The fraction of sp³-hybridized carbons (Fsp3) is 0.667. The molecule has 1 saturated carbocycles. The topological polar surface area (TPSA) is 28.2 Å². The highest BCUT2D eigenvalue weighted by atomic mass is 32.2. The first-order valence-corrected chi connectivity index (χ1v) is 8.32. The molecule has 1 aromatic heterocycles. The van der Waals surface area contributed by atoms with E-state index in [1.54, 1.807) is 0 Å². The van der Waals surface area contributed by atoms with Crippen LogP contribution >= 0.6 is 11.8 Å². The molecule has 1 N–H and O–H groups in total. The Balaban J connectivity index is 1.77. The number of thioether (sulfide) groups is 1. The fourth-order valence-electron chi connectivity index (χ4n) is 2.58. The van der Waals surface area contributed by atoms with Gasteiger partial charge in [0.2, 0.25) is 0 Å². The first-order chi connectivity index (χ1) is 9.22. The van der Waals surface area contributed by atoms with Crippen LogP contribution in [0.15, 0.2) is 12.3 Å². The van der Waals surface area contributed by atoms with Crippen molar-refractivity contribution in [2.24, 2.45) is 0 Å². The number of hydrogen-bond acceptors (Lipinski definition) is 4. The molecule has 0 amide bonds. The summed E-state index contributed by atoms with van der Waals surface area (Å²) >= 11 is 2.08. The molecule has 1 atom stereocenters. The van der Waals surface area contributed by atoms with E-state index in [1.165, 1.54) is 29.8 Å². The highest BCUT2D eigenvalue weighted by molar-refractivity contribution is 8.00. The van der Waals surface area contributed by atoms with E-state index in [1.807, 2.05) is 0 Å². The van der Waals surface area contributed by atoms with E-state index in [4.69, 9.17) is 0 Å². The minimum atomic E-state index is 0.728. The quantitative estimate of drug-likeness (QED) is 0.915. The molecule has 2 aliphatic rings. The smallest absolute Gasteiger partial charge is 0.0446 e. The van der Waals surface area contributed by atoms with Crippen LogP contribution in [0.3, 0.4) is 0 Å². The summed E-state index contributed by atoms with van der Waals surface area (Å²) in [5.41, 5.74) is 3.88. The molecule has 0 aromatic carbocycles. The highest BCUT2D eigenvalue weighted by Gasteiger charge is 2.23. The second kappa shape index (κ2) is 5.71. The van der Waals surface area contributed by atoms with Crippen molar-refractivity contribution in [2.75, 3.05) is 23.7 Å². The Morgan fingerprint density at radius 3 is 3.05 bits per heavy atom. The van der Waals surface area contributed by atoms with Gasteiger partial charge in [0.25, 0.3) is 0 Å². The van der Waals surface area contributed by atoms with Crippen LogP contribution in [-0.2, 0) is 6.54 Å². The van der Waals surface area contributed by atoms with Gasteiger partial charge in [-0.2, -0.15) is 11.8 Å². The highest BCUT2D eigenvalue weighted by Crippen LogP contribution is 2.28. The van der Waals surface area contributed by atoms with E-state index in [9.17, 15) is 0 Å². The molecule has 1 aliphatic heterocycles. The third-order valence-electron chi connectivity index (χ3n) is 3.84. The van der Waals surface area contributed by atoms with Crippen LogP contribution in [0, 0.1) is 6.92 Å². The van der Waals surface area contributed by atoms with Crippen molar-refractivity contribution in [3.05, 3.63) is 23.5 Å². The summed E-state index contributed by atoms with van der Waals surface area (Å²) in [6.07, 6.45) is 4.74. The van der Waals surface area contributed by atoms with Crippen LogP contribution < -0.4 is 10.2 Å². The van der Waals surface area contributed by atoms with Crippen LogP contribution in [0.5, 0.6) is 0 Å². The molecule has 0 spiro atoms. The Morgan fingerprint density at radius 1 is 1.47 bits per heavy atom. The number of pyridine rings is 1. The number of nitrogens with zero attached hydrogens (tertiary/aromatic N) is 2. The average Bonchev–Trinajstić information content (AvgIpc) is 3.21. The molecule has 19 heavy (non-hydrogen) atoms. The van der Waals surface area contributed by atoms with Gasteiger partial charge in [-0.15, -0.1) is 0 Å². The lowest BCUT2D eigenvalue weighted by atomic mass is 10.1. The number of rotatable bonds is 4. The molecule has 1 saturated heterocycles. The molecule has 1 aromatic rings. The Kier molecular flexibility index (Phi) is 3.99. The van der Waals surface area contributed by atoms with Gasteiger partial charge in [-0.05, 0) is 25.8 Å². The Labute approximate surface area is 120 Å². The van der Waals surface area contributed by atoms with Gasteiger partial charge in [0.15, 0.2) is 0 Å². The molecule has 1 aliphatic carbocycles. The van der Waals surface area contributed by atoms with Crippen molar-refractivity contribution in [1.29, 1.82) is 0 Å². The third-order valence-corrected chi connectivity index (χ3v) is 4.98. The number of aryl methyl sites for hydroxylation is 1. The minimum absolute atomic E-state index is 0.728. The van der Waals surface area contributed by atoms with Gasteiger partial charge < -0.3 is 10.2 Å². The lowest BCUT2D eigenvalue weighted by Gasteiger charge is -2.34. The molecule has 1 unspecified atom stereocenters. The van der Waals surface area contributed by atoms with E-state index >= 15 is 0 Å². The first kappa shape index (κ1) is 13.3. The van der Waals surface area contributed by atoms with Crippen molar-refractivity contribution in [2.45, 2.75) is 44.5 Å². The zero-order valence-corrected chi connectivity index (χ0v) is 12.7. The van der Waals surface area contributed by atoms with Gasteiger partial charge in [-0.1, -0.05) is 6.92 Å². The van der Waals surface area contributed by atoms with Crippen LogP contribution in [0.25, 0.3) is 0 Å². The zero-order valence-electron chi connectivity index (χ0n) is 11.9. The standard InChI is InChI=1S/C15H23N3S/c1-11-7-15(18-5-6-19-12(2)10-18)13(8-16-11)9-17-14-3-4-14/h7-8,12,14,17H,3-6,9-10H2,1-2H3. The van der Waals surface area contributed by atoms with Crippen LogP contribution in [0.2, 0.25) is 0 Å². The van der Waals surface area contributed by atoms with Crippen LogP contribution in [0.4, 0.5) is 5.69 Å². The molecular weight excluding hydrogens is 254 g/mol. The predicted octanol–water partition coefficient (Wildman–Crippen LogP) is 2.58. The lowest BCUT2D eigenvalue weighted by molar-refractivity contribution is 0.679. The molecule has 3 nitrogen and oxygen atoms in total. The maximum Gasteiger partial charge on any atom is 0.0446 e. The molecule has 2 fully saturated rings. The number of anilines is 1. The van der Waals surface area contributed by atoms with E-state index in [0.717, 1.165) is 36.6 Å². The minimum Gasteiger partial charge on any atom is -0.369 e. The summed E-state index contributed by atoms with van der Waals surface area (Å²) in [5, 5.41) is 4.34. The van der Waals surface area contributed by atoms with E-state index in [-0.39, 0.29) is 0 Å². The van der Waals surface area contributed by atoms with Gasteiger partial charge in [0.05, 0.1) is 0 Å². The molecule has 0 radical (unpaired) electrons. The Bertz CT molecular complexity index is 445. The van der Waals surface area contributed by atoms with Crippen molar-refractivity contribution in [3.8, 4) is 0 Å². The largest absolute Gasteiger partial charge is 0.369 e. The van der Waals surface area contributed by atoms with Crippen LogP contribution in [0.1, 0.15) is 31.0 Å². The summed E-state index contributed by atoms with van der Waals surface area (Å²) in [6.45, 7) is 7.70. The van der Waals surface area contributed by atoms with Gasteiger partial charge >= 0.3 is 0 Å². The average molecular weight is 277 g/mol. The van der Waals surface area contributed by atoms with Crippen molar-refractivity contribution in [1.82, 2.24) is 10.3 Å². The van der Waals surface area contributed by atoms with E-state index < -0.39 is 0 Å². The van der Waals surface area contributed by atoms with Gasteiger partial charge in [-0.3, -0.25) is 4.98 Å². The molecule has 104 valence electrons. The van der Waals surface area contributed by atoms with Gasteiger partial charge in [0.1, 0.15) is 0 Å². The summed E-state index contributed by atoms with van der Waals surface area (Å²) in [5.74, 6) is 1.23. The molecule has 3 rings (SSSR count). The summed E-state index contributed by atoms with van der Waals surface area (Å²) in [4.78, 5) is 7.02. The zero-order chi connectivity index (χ0) is 13.2. The molecule has 0 bridgehead atoms. The first-order valence-electron chi connectivity index (χ1n) is 7.28. The maximum absolute atomic E-state index is 4.48. The molecule has 4 heteroatoms. The van der Waals surface area contributed by atoms with E-state index in [2.05, 4.69) is 53.1 Å².